The summed E-state index contributed by atoms with van der Waals surface area (Å²) in [7, 11) is 1.58. The Balaban J connectivity index is 2.31. The van der Waals surface area contributed by atoms with Crippen LogP contribution in [0.4, 0.5) is 17.6 Å². The van der Waals surface area contributed by atoms with E-state index in [1.807, 2.05) is 0 Å². The first kappa shape index (κ1) is 17.9. The van der Waals surface area contributed by atoms with E-state index in [-0.39, 0.29) is 12.1 Å². The molecule has 0 heterocycles. The molecule has 1 aromatic carbocycles. The van der Waals surface area contributed by atoms with Crippen LogP contribution in [0.15, 0.2) is 18.2 Å². The molecule has 0 saturated carbocycles. The number of ether oxygens (including phenoxy) is 2. The summed E-state index contributed by atoms with van der Waals surface area (Å²) in [5, 5.41) is 2.95. The average molecular weight is 309 g/mol. The lowest BCUT2D eigenvalue weighted by atomic mass is 10.1. The molecule has 0 saturated heterocycles. The number of hydrogen-bond donors (Lipinski definition) is 1. The van der Waals surface area contributed by atoms with Crippen LogP contribution in [0.5, 0.6) is 0 Å². The molecule has 0 aliphatic rings. The van der Waals surface area contributed by atoms with Crippen LogP contribution in [-0.2, 0) is 22.2 Å². The Bertz CT molecular complexity index is 424. The molecule has 0 fully saturated rings. The van der Waals surface area contributed by atoms with Gasteiger partial charge in [-0.1, -0.05) is 0 Å². The number of halogens is 4. The van der Waals surface area contributed by atoms with Crippen molar-refractivity contribution in [1.29, 1.82) is 0 Å². The van der Waals surface area contributed by atoms with E-state index in [4.69, 9.17) is 9.47 Å². The summed E-state index contributed by atoms with van der Waals surface area (Å²) < 4.78 is 60.8. The number of nitrogens with one attached hydrogen (secondary N) is 1. The van der Waals surface area contributed by atoms with E-state index >= 15 is 0 Å². The highest BCUT2D eigenvalue weighted by Gasteiger charge is 2.31. The van der Waals surface area contributed by atoms with Crippen LogP contribution in [0.2, 0.25) is 0 Å². The molecule has 1 N–H and O–H groups in total. The minimum Gasteiger partial charge on any atom is -0.382 e. The summed E-state index contributed by atoms with van der Waals surface area (Å²) in [6.45, 7) is 2.32. The smallest absolute Gasteiger partial charge is 0.382 e. The molecule has 21 heavy (non-hydrogen) atoms. The third-order valence-corrected chi connectivity index (χ3v) is 2.69. The largest absolute Gasteiger partial charge is 0.416 e. The van der Waals surface area contributed by atoms with Gasteiger partial charge in [-0.05, 0) is 36.7 Å². The van der Waals surface area contributed by atoms with E-state index in [1.54, 1.807) is 7.11 Å². The van der Waals surface area contributed by atoms with E-state index in [2.05, 4.69) is 5.32 Å². The van der Waals surface area contributed by atoms with Gasteiger partial charge >= 0.3 is 6.18 Å². The zero-order valence-electron chi connectivity index (χ0n) is 11.8. The third kappa shape index (κ3) is 7.40. The fraction of sp³-hybridized carbons (Fsp3) is 0.571. The predicted molar refractivity (Wildman–Crippen MR) is 70.4 cm³/mol. The Morgan fingerprint density at radius 1 is 1.10 bits per heavy atom. The van der Waals surface area contributed by atoms with Gasteiger partial charge in [0.15, 0.2) is 0 Å². The summed E-state index contributed by atoms with van der Waals surface area (Å²) in [5.41, 5.74) is -0.704. The van der Waals surface area contributed by atoms with E-state index in [9.17, 15) is 17.6 Å². The Labute approximate surface area is 121 Å². The van der Waals surface area contributed by atoms with Crippen LogP contribution < -0.4 is 5.32 Å². The predicted octanol–water partition coefficient (Wildman–Crippen LogP) is 2.99. The number of methoxy groups -OCH3 is 1. The standard InChI is InChI=1S/C14H19F4NO2/c1-20-5-6-21-4-2-3-19-10-11-7-12(14(16,17)18)9-13(15)8-11/h7-9,19H,2-6,10H2,1H3. The number of alkyl halides is 3. The lowest BCUT2D eigenvalue weighted by Crippen LogP contribution is -2.17. The topological polar surface area (TPSA) is 30.5 Å². The molecular formula is C14H19F4NO2. The van der Waals surface area contributed by atoms with Gasteiger partial charge in [0.1, 0.15) is 5.82 Å². The van der Waals surface area contributed by atoms with Crippen molar-refractivity contribution < 1.29 is 27.0 Å². The quantitative estimate of drug-likeness (QED) is 0.562. The molecule has 1 rings (SSSR count). The summed E-state index contributed by atoms with van der Waals surface area (Å²) >= 11 is 0. The maximum Gasteiger partial charge on any atom is 0.416 e. The van der Waals surface area contributed by atoms with Crippen molar-refractivity contribution >= 4 is 0 Å². The van der Waals surface area contributed by atoms with Crippen molar-refractivity contribution in [3.63, 3.8) is 0 Å². The first-order valence-corrected chi connectivity index (χ1v) is 6.57. The number of hydrogen-bond acceptors (Lipinski definition) is 3. The second kappa shape index (κ2) is 8.96. The molecular weight excluding hydrogens is 290 g/mol. The Morgan fingerprint density at radius 2 is 1.86 bits per heavy atom. The highest BCUT2D eigenvalue weighted by atomic mass is 19.4. The minimum atomic E-state index is -4.54. The van der Waals surface area contributed by atoms with Crippen LogP contribution in [-0.4, -0.2) is 33.5 Å². The molecule has 0 aliphatic heterocycles. The molecule has 120 valence electrons. The highest BCUT2D eigenvalue weighted by molar-refractivity contribution is 5.26. The van der Waals surface area contributed by atoms with E-state index in [0.717, 1.165) is 12.1 Å². The van der Waals surface area contributed by atoms with Gasteiger partial charge in [0, 0.05) is 20.3 Å². The molecule has 0 aromatic heterocycles. The van der Waals surface area contributed by atoms with Gasteiger partial charge < -0.3 is 14.8 Å². The lowest BCUT2D eigenvalue weighted by Gasteiger charge is -2.10. The van der Waals surface area contributed by atoms with Gasteiger partial charge in [0.05, 0.1) is 18.8 Å². The Morgan fingerprint density at radius 3 is 2.52 bits per heavy atom. The molecule has 0 spiro atoms. The SMILES string of the molecule is COCCOCCCNCc1cc(F)cc(C(F)(F)F)c1. The molecule has 3 nitrogen and oxygen atoms in total. The number of rotatable bonds is 9. The first-order valence-electron chi connectivity index (χ1n) is 6.57. The molecule has 7 heteroatoms. The van der Waals surface area contributed by atoms with Gasteiger partial charge in [-0.15, -0.1) is 0 Å². The van der Waals surface area contributed by atoms with Crippen LogP contribution in [0.25, 0.3) is 0 Å². The van der Waals surface area contributed by atoms with Gasteiger partial charge in [-0.2, -0.15) is 13.2 Å². The van der Waals surface area contributed by atoms with Crippen molar-refractivity contribution in [2.45, 2.75) is 19.1 Å². The van der Waals surface area contributed by atoms with Gasteiger partial charge in [-0.3, -0.25) is 0 Å². The molecule has 0 radical (unpaired) electrons. The van der Waals surface area contributed by atoms with Gasteiger partial charge in [0.25, 0.3) is 0 Å². The van der Waals surface area contributed by atoms with Gasteiger partial charge in [-0.25, -0.2) is 4.39 Å². The lowest BCUT2D eigenvalue weighted by molar-refractivity contribution is -0.137. The van der Waals surface area contributed by atoms with Gasteiger partial charge in [0.2, 0.25) is 0 Å². The molecule has 1 aromatic rings. The van der Waals surface area contributed by atoms with Crippen molar-refractivity contribution in [2.75, 3.05) is 33.5 Å². The molecule has 0 bridgehead atoms. The van der Waals surface area contributed by atoms with E-state index < -0.39 is 17.6 Å². The maximum absolute atomic E-state index is 13.1. The van der Waals surface area contributed by atoms with Crippen LogP contribution in [0.3, 0.4) is 0 Å². The highest BCUT2D eigenvalue weighted by Crippen LogP contribution is 2.30. The van der Waals surface area contributed by atoms with Crippen molar-refractivity contribution in [1.82, 2.24) is 5.32 Å². The first-order chi connectivity index (χ1) is 9.93. The Kier molecular flexibility index (Phi) is 7.63. The summed E-state index contributed by atoms with van der Waals surface area (Å²) in [4.78, 5) is 0. The zero-order chi connectivity index (χ0) is 15.7. The zero-order valence-corrected chi connectivity index (χ0v) is 11.8. The molecule has 0 atom stereocenters. The summed E-state index contributed by atoms with van der Waals surface area (Å²) in [6, 6.07) is 2.54. The van der Waals surface area contributed by atoms with Crippen LogP contribution in [0, 0.1) is 5.82 Å². The fourth-order valence-electron chi connectivity index (χ4n) is 1.69. The molecule has 0 aliphatic carbocycles. The van der Waals surface area contributed by atoms with E-state index in [1.165, 1.54) is 0 Å². The molecule has 0 amide bonds. The van der Waals surface area contributed by atoms with Crippen molar-refractivity contribution in [2.24, 2.45) is 0 Å². The Hall–Kier alpha value is -1.18. The second-order valence-corrected chi connectivity index (χ2v) is 4.48. The average Bonchev–Trinajstić information content (AvgIpc) is 2.40. The van der Waals surface area contributed by atoms with Crippen molar-refractivity contribution in [3.05, 3.63) is 35.1 Å². The number of benzene rings is 1. The van der Waals surface area contributed by atoms with Crippen LogP contribution in [0.1, 0.15) is 17.5 Å². The fourth-order valence-corrected chi connectivity index (χ4v) is 1.69. The summed E-state index contributed by atoms with van der Waals surface area (Å²) in [6.07, 6.45) is -3.82. The third-order valence-electron chi connectivity index (χ3n) is 2.69. The molecule has 0 unspecified atom stereocenters. The normalized spacial score (nSPS) is 11.9. The maximum atomic E-state index is 13.1. The second-order valence-electron chi connectivity index (χ2n) is 4.48. The van der Waals surface area contributed by atoms with Crippen LogP contribution >= 0.6 is 0 Å². The minimum absolute atomic E-state index is 0.179. The van der Waals surface area contributed by atoms with Crippen molar-refractivity contribution in [3.8, 4) is 0 Å². The monoisotopic (exact) mass is 309 g/mol. The van der Waals surface area contributed by atoms with E-state index in [0.29, 0.717) is 38.9 Å². The summed E-state index contributed by atoms with van der Waals surface area (Å²) in [5.74, 6) is -0.885.